The molecule has 2 aromatic rings. The maximum absolute atomic E-state index is 12.0. The van der Waals surface area contributed by atoms with Crippen molar-refractivity contribution in [2.45, 2.75) is 33.2 Å². The van der Waals surface area contributed by atoms with Crippen molar-refractivity contribution < 1.29 is 19.0 Å². The minimum Gasteiger partial charge on any atom is -0.493 e. The number of ether oxygens (including phenoxy) is 3. The van der Waals surface area contributed by atoms with Gasteiger partial charge in [0, 0.05) is 31.7 Å². The molecule has 6 nitrogen and oxygen atoms in total. The molecule has 0 atom stereocenters. The third kappa shape index (κ3) is 4.15. The lowest BCUT2D eigenvalue weighted by Gasteiger charge is -2.09. The highest BCUT2D eigenvalue weighted by Crippen LogP contribution is 2.33. The Balaban J connectivity index is 2.57. The van der Waals surface area contributed by atoms with Crippen LogP contribution >= 0.6 is 11.3 Å². The van der Waals surface area contributed by atoms with Gasteiger partial charge in [-0.2, -0.15) is 4.99 Å². The van der Waals surface area contributed by atoms with Gasteiger partial charge in [-0.15, -0.1) is 0 Å². The summed E-state index contributed by atoms with van der Waals surface area (Å²) in [6, 6.07) is 3.83. The third-order valence-electron chi connectivity index (χ3n) is 3.54. The van der Waals surface area contributed by atoms with Crippen molar-refractivity contribution in [3.63, 3.8) is 0 Å². The first-order valence-electron chi connectivity index (χ1n) is 8.05. The lowest BCUT2D eigenvalue weighted by atomic mass is 10.3. The predicted octanol–water partition coefficient (Wildman–Crippen LogP) is 2.98. The van der Waals surface area contributed by atoms with Crippen LogP contribution in [0.25, 0.3) is 10.2 Å². The van der Waals surface area contributed by atoms with Crippen LogP contribution in [-0.4, -0.2) is 37.9 Å². The van der Waals surface area contributed by atoms with Crippen molar-refractivity contribution in [1.29, 1.82) is 0 Å². The molecule has 0 saturated carbocycles. The van der Waals surface area contributed by atoms with Gasteiger partial charge < -0.3 is 18.8 Å². The van der Waals surface area contributed by atoms with Crippen LogP contribution < -0.4 is 14.3 Å². The van der Waals surface area contributed by atoms with Crippen LogP contribution in [0.15, 0.2) is 17.1 Å². The van der Waals surface area contributed by atoms with Crippen LogP contribution in [0.1, 0.15) is 26.7 Å². The van der Waals surface area contributed by atoms with Gasteiger partial charge in [-0.3, -0.25) is 4.79 Å². The molecule has 0 N–H and O–H groups in total. The largest absolute Gasteiger partial charge is 0.493 e. The van der Waals surface area contributed by atoms with Gasteiger partial charge in [0.1, 0.15) is 0 Å². The van der Waals surface area contributed by atoms with Crippen LogP contribution in [0.2, 0.25) is 0 Å². The minimum absolute atomic E-state index is 0.104. The Morgan fingerprint density at radius 3 is 2.54 bits per heavy atom. The smallest absolute Gasteiger partial charge is 0.248 e. The Morgan fingerprint density at radius 2 is 1.92 bits per heavy atom. The van der Waals surface area contributed by atoms with Crippen LogP contribution in [0.5, 0.6) is 11.5 Å². The number of nitrogens with zero attached hydrogens (tertiary/aromatic N) is 2. The summed E-state index contributed by atoms with van der Waals surface area (Å²) in [5.74, 6) is 1.21. The lowest BCUT2D eigenvalue weighted by molar-refractivity contribution is -0.118. The van der Waals surface area contributed by atoms with Crippen LogP contribution in [0.3, 0.4) is 0 Å². The molecule has 132 valence electrons. The Kier molecular flexibility index (Phi) is 6.81. The average Bonchev–Trinajstić information content (AvgIpc) is 2.90. The molecule has 0 aliphatic carbocycles. The molecule has 1 amide bonds. The number of fused-ring (bicyclic) bond motifs is 1. The molecule has 2 rings (SSSR count). The number of hydrogen-bond acceptors (Lipinski definition) is 5. The zero-order valence-corrected chi connectivity index (χ0v) is 15.4. The molecular formula is C17H24N2O4S. The monoisotopic (exact) mass is 352 g/mol. The van der Waals surface area contributed by atoms with Gasteiger partial charge in [-0.25, -0.2) is 0 Å². The van der Waals surface area contributed by atoms with E-state index in [9.17, 15) is 4.79 Å². The summed E-state index contributed by atoms with van der Waals surface area (Å²) in [7, 11) is 3.22. The lowest BCUT2D eigenvalue weighted by Crippen LogP contribution is -2.19. The summed E-state index contributed by atoms with van der Waals surface area (Å²) in [5, 5.41) is 0. The number of carbonyl (C=O) groups is 1. The Labute approximate surface area is 145 Å². The first-order chi connectivity index (χ1) is 11.6. The number of carbonyl (C=O) groups excluding carboxylic acids is 1. The van der Waals surface area contributed by atoms with Crippen molar-refractivity contribution >= 4 is 27.5 Å². The zero-order chi connectivity index (χ0) is 17.5. The summed E-state index contributed by atoms with van der Waals surface area (Å²) in [6.07, 6.45) is 1.24. The number of methoxy groups -OCH3 is 2. The van der Waals surface area contributed by atoms with E-state index in [1.54, 1.807) is 14.2 Å². The number of thiazole rings is 1. The fourth-order valence-corrected chi connectivity index (χ4v) is 3.46. The van der Waals surface area contributed by atoms with Gasteiger partial charge in [0.15, 0.2) is 16.3 Å². The molecule has 0 spiro atoms. The van der Waals surface area contributed by atoms with E-state index in [0.717, 1.165) is 16.6 Å². The summed E-state index contributed by atoms with van der Waals surface area (Å²) in [6.45, 7) is 5.77. The van der Waals surface area contributed by atoms with Crippen molar-refractivity contribution in [1.82, 2.24) is 4.57 Å². The van der Waals surface area contributed by atoms with Gasteiger partial charge in [0.05, 0.1) is 31.0 Å². The summed E-state index contributed by atoms with van der Waals surface area (Å²) >= 11 is 1.47. The van der Waals surface area contributed by atoms with Gasteiger partial charge in [-0.1, -0.05) is 18.3 Å². The first kappa shape index (κ1) is 18.5. The van der Waals surface area contributed by atoms with Crippen molar-refractivity contribution in [2.24, 2.45) is 4.99 Å². The molecule has 0 aliphatic heterocycles. The standard InChI is InChI=1S/C17H24N2O4S/c1-5-7-16(20)18-17-19(8-9-23-6-2)12-10-13(21-3)14(22-4)11-15(12)24-17/h10-11H,5-9H2,1-4H3. The van der Waals surface area contributed by atoms with Crippen LogP contribution in [0.4, 0.5) is 0 Å². The molecule has 24 heavy (non-hydrogen) atoms. The third-order valence-corrected chi connectivity index (χ3v) is 4.58. The molecule has 7 heteroatoms. The van der Waals surface area contributed by atoms with Crippen LogP contribution in [0, 0.1) is 0 Å². The van der Waals surface area contributed by atoms with E-state index < -0.39 is 0 Å². The maximum Gasteiger partial charge on any atom is 0.248 e. The molecule has 0 bridgehead atoms. The predicted molar refractivity (Wildman–Crippen MR) is 94.9 cm³/mol. The number of amides is 1. The molecular weight excluding hydrogens is 328 g/mol. The highest BCUT2D eigenvalue weighted by Gasteiger charge is 2.13. The first-order valence-corrected chi connectivity index (χ1v) is 8.86. The number of aromatic nitrogens is 1. The van der Waals surface area contributed by atoms with Gasteiger partial charge in [0.25, 0.3) is 0 Å². The molecule has 0 fully saturated rings. The highest BCUT2D eigenvalue weighted by molar-refractivity contribution is 7.16. The molecule has 1 aromatic heterocycles. The van der Waals surface area contributed by atoms with Crippen molar-refractivity contribution in [3.8, 4) is 11.5 Å². The fourth-order valence-electron chi connectivity index (χ4n) is 2.37. The minimum atomic E-state index is -0.104. The van der Waals surface area contributed by atoms with Gasteiger partial charge in [-0.05, 0) is 13.3 Å². The van der Waals surface area contributed by atoms with E-state index in [1.165, 1.54) is 11.3 Å². The van der Waals surface area contributed by atoms with Gasteiger partial charge in [0.2, 0.25) is 5.91 Å². The second kappa shape index (κ2) is 8.84. The summed E-state index contributed by atoms with van der Waals surface area (Å²) in [5.41, 5.74) is 0.959. The Bertz CT molecular complexity index is 764. The highest BCUT2D eigenvalue weighted by atomic mass is 32.1. The van der Waals surface area contributed by atoms with E-state index in [0.29, 0.717) is 42.5 Å². The van der Waals surface area contributed by atoms with E-state index in [4.69, 9.17) is 14.2 Å². The van der Waals surface area contributed by atoms with Crippen molar-refractivity contribution in [3.05, 3.63) is 16.9 Å². The van der Waals surface area contributed by atoms with Gasteiger partial charge >= 0.3 is 0 Å². The number of benzene rings is 1. The second-order valence-electron chi connectivity index (χ2n) is 5.16. The Hall–Kier alpha value is -1.86. The van der Waals surface area contributed by atoms with E-state index in [2.05, 4.69) is 4.99 Å². The molecule has 0 unspecified atom stereocenters. The second-order valence-corrected chi connectivity index (χ2v) is 6.17. The van der Waals surface area contributed by atoms with Crippen molar-refractivity contribution in [2.75, 3.05) is 27.4 Å². The maximum atomic E-state index is 12.0. The van der Waals surface area contributed by atoms with E-state index in [1.807, 2.05) is 30.5 Å². The Morgan fingerprint density at radius 1 is 1.21 bits per heavy atom. The normalized spacial score (nSPS) is 11.9. The molecule has 0 aliphatic rings. The fraction of sp³-hybridized carbons (Fsp3) is 0.529. The van der Waals surface area contributed by atoms with E-state index >= 15 is 0 Å². The quantitative estimate of drug-likeness (QED) is 0.685. The molecule has 0 saturated heterocycles. The van der Waals surface area contributed by atoms with Crippen LogP contribution in [-0.2, 0) is 16.1 Å². The topological polar surface area (TPSA) is 62.0 Å². The summed E-state index contributed by atoms with van der Waals surface area (Å²) in [4.78, 5) is 16.9. The molecule has 0 radical (unpaired) electrons. The molecule has 1 heterocycles. The molecule has 1 aromatic carbocycles. The SMILES string of the molecule is CCCC(=O)N=c1sc2cc(OC)c(OC)cc2n1CCOCC. The number of rotatable bonds is 8. The van der Waals surface area contributed by atoms with E-state index in [-0.39, 0.29) is 5.91 Å². The average molecular weight is 352 g/mol. The number of hydrogen-bond donors (Lipinski definition) is 0. The zero-order valence-electron chi connectivity index (χ0n) is 14.6. The summed E-state index contributed by atoms with van der Waals surface area (Å²) < 4.78 is 19.2.